The minimum Gasteiger partial charge on any atom is -0.370 e. The monoisotopic (exact) mass is 536 g/mol. The van der Waals surface area contributed by atoms with Crippen molar-refractivity contribution in [2.24, 2.45) is 11.5 Å². The van der Waals surface area contributed by atoms with E-state index in [0.29, 0.717) is 5.56 Å². The molecule has 208 valence electrons. The van der Waals surface area contributed by atoms with Crippen LogP contribution in [-0.4, -0.2) is 72.5 Å². The van der Waals surface area contributed by atoms with E-state index in [1.54, 1.807) is 26.0 Å². The van der Waals surface area contributed by atoms with Gasteiger partial charge in [-0.1, -0.05) is 54.6 Å². The van der Waals surface area contributed by atoms with Crippen LogP contribution in [0.25, 0.3) is 10.8 Å². The molecule has 8 nitrogen and oxygen atoms in total. The Kier molecular flexibility index (Phi) is 9.77. The maximum Gasteiger partial charge on any atom is 0.249 e. The average molecular weight is 537 g/mol. The molecule has 2 atom stereocenters. The fourth-order valence-corrected chi connectivity index (χ4v) is 4.32. The van der Waals surface area contributed by atoms with Crippen LogP contribution < -0.4 is 11.5 Å². The lowest BCUT2D eigenvalue weighted by atomic mass is 9.98. The summed E-state index contributed by atoms with van der Waals surface area (Å²) in [6.45, 7) is 3.48. The zero-order valence-electron chi connectivity index (χ0n) is 22.9. The second-order valence-corrected chi connectivity index (χ2v) is 10.6. The molecule has 0 aliphatic rings. The van der Waals surface area contributed by atoms with Crippen LogP contribution in [0.2, 0.25) is 0 Å². The number of carbonyl (C=O) groups is 3. The van der Waals surface area contributed by atoms with E-state index in [4.69, 9.17) is 16.2 Å². The van der Waals surface area contributed by atoms with Gasteiger partial charge in [0.25, 0.3) is 0 Å². The minimum absolute atomic E-state index is 0.104. The normalized spacial score (nSPS) is 13.1. The number of hydrogen-bond donors (Lipinski definition) is 2. The lowest BCUT2D eigenvalue weighted by molar-refractivity contribution is -0.149. The molecule has 0 saturated carbocycles. The lowest BCUT2D eigenvalue weighted by Gasteiger charge is -2.34. The molecule has 0 saturated heterocycles. The van der Waals surface area contributed by atoms with Crippen LogP contribution in [0, 0.1) is 5.82 Å². The summed E-state index contributed by atoms with van der Waals surface area (Å²) in [7, 11) is 3.02. The van der Waals surface area contributed by atoms with Gasteiger partial charge in [0.05, 0.1) is 6.61 Å². The molecule has 0 unspecified atom stereocenters. The number of nitrogens with zero attached hydrogens (tertiary/aromatic N) is 2. The summed E-state index contributed by atoms with van der Waals surface area (Å²) < 4.78 is 18.9. The molecule has 0 aliphatic carbocycles. The third kappa shape index (κ3) is 8.33. The van der Waals surface area contributed by atoms with Gasteiger partial charge in [0, 0.05) is 32.5 Å². The Hall–Kier alpha value is -3.82. The Labute approximate surface area is 228 Å². The highest BCUT2D eigenvalue weighted by Crippen LogP contribution is 2.20. The minimum atomic E-state index is -1.00. The van der Waals surface area contributed by atoms with Crippen LogP contribution in [0.5, 0.6) is 0 Å². The molecular weight excluding hydrogens is 499 g/mol. The van der Waals surface area contributed by atoms with Gasteiger partial charge in [0.15, 0.2) is 0 Å². The average Bonchev–Trinajstić information content (AvgIpc) is 2.89. The molecule has 3 amide bonds. The number of fused-ring (bicyclic) bond motifs is 1. The van der Waals surface area contributed by atoms with E-state index in [1.165, 1.54) is 36.0 Å². The molecule has 0 bridgehead atoms. The van der Waals surface area contributed by atoms with Crippen LogP contribution in [0.3, 0.4) is 0 Å². The number of halogens is 1. The summed E-state index contributed by atoms with van der Waals surface area (Å²) in [5, 5.41) is 2.06. The number of likely N-dealkylation sites (N-methyl/N-ethyl adjacent to an activating group) is 2. The van der Waals surface area contributed by atoms with E-state index in [0.717, 1.165) is 16.3 Å². The number of ether oxygens (including phenoxy) is 1. The summed E-state index contributed by atoms with van der Waals surface area (Å²) in [4.78, 5) is 42.0. The van der Waals surface area contributed by atoms with E-state index >= 15 is 0 Å². The highest BCUT2D eigenvalue weighted by atomic mass is 19.1. The lowest BCUT2D eigenvalue weighted by Crippen LogP contribution is -2.55. The second-order valence-electron chi connectivity index (χ2n) is 10.6. The molecule has 0 heterocycles. The summed E-state index contributed by atoms with van der Waals surface area (Å²) in [6.07, 6.45) is 0.313. The van der Waals surface area contributed by atoms with Crippen molar-refractivity contribution in [2.75, 3.05) is 27.3 Å². The van der Waals surface area contributed by atoms with Gasteiger partial charge in [-0.3, -0.25) is 14.4 Å². The SMILES string of the molecule is CN(C(=O)COCC(C)(C)N)[C@H](Cc1ccc2ccccc2c1)C(=O)N(C)[C@H](Cc1ccc(F)cc1)C(N)=O. The highest BCUT2D eigenvalue weighted by molar-refractivity contribution is 5.92. The topological polar surface area (TPSA) is 119 Å². The number of amides is 3. The van der Waals surface area contributed by atoms with E-state index in [1.807, 2.05) is 42.5 Å². The van der Waals surface area contributed by atoms with Gasteiger partial charge in [-0.05, 0) is 47.9 Å². The Morgan fingerprint density at radius 1 is 0.872 bits per heavy atom. The largest absolute Gasteiger partial charge is 0.370 e. The second kappa shape index (κ2) is 12.8. The first kappa shape index (κ1) is 29.7. The first-order chi connectivity index (χ1) is 18.4. The van der Waals surface area contributed by atoms with Crippen molar-refractivity contribution in [3.8, 4) is 0 Å². The van der Waals surface area contributed by atoms with Crippen molar-refractivity contribution < 1.29 is 23.5 Å². The Balaban J connectivity index is 1.88. The van der Waals surface area contributed by atoms with Crippen molar-refractivity contribution >= 4 is 28.5 Å². The zero-order chi connectivity index (χ0) is 28.7. The summed E-state index contributed by atoms with van der Waals surface area (Å²) in [5.41, 5.74) is 12.5. The summed E-state index contributed by atoms with van der Waals surface area (Å²) in [5.74, 6) is -1.97. The molecule has 3 aromatic carbocycles. The third-order valence-corrected chi connectivity index (χ3v) is 6.57. The number of rotatable bonds is 12. The number of hydrogen-bond acceptors (Lipinski definition) is 5. The maximum absolute atomic E-state index is 13.9. The van der Waals surface area contributed by atoms with Gasteiger partial charge >= 0.3 is 0 Å². The van der Waals surface area contributed by atoms with E-state index in [-0.39, 0.29) is 26.1 Å². The van der Waals surface area contributed by atoms with Gasteiger partial charge in [0.1, 0.15) is 24.5 Å². The van der Waals surface area contributed by atoms with Crippen LogP contribution >= 0.6 is 0 Å². The van der Waals surface area contributed by atoms with Crippen molar-refractivity contribution in [3.05, 3.63) is 83.7 Å². The maximum atomic E-state index is 13.9. The first-order valence-corrected chi connectivity index (χ1v) is 12.8. The van der Waals surface area contributed by atoms with Crippen LogP contribution in [0.4, 0.5) is 4.39 Å². The summed E-state index contributed by atoms with van der Waals surface area (Å²) >= 11 is 0. The third-order valence-electron chi connectivity index (χ3n) is 6.57. The van der Waals surface area contributed by atoms with E-state index in [9.17, 15) is 18.8 Å². The van der Waals surface area contributed by atoms with Gasteiger partial charge in [-0.15, -0.1) is 0 Å². The Bertz CT molecular complexity index is 1310. The van der Waals surface area contributed by atoms with Crippen molar-refractivity contribution in [3.63, 3.8) is 0 Å². The highest BCUT2D eigenvalue weighted by Gasteiger charge is 2.34. The predicted molar refractivity (Wildman–Crippen MR) is 149 cm³/mol. The van der Waals surface area contributed by atoms with Crippen LogP contribution in [0.15, 0.2) is 66.7 Å². The van der Waals surface area contributed by atoms with Crippen LogP contribution in [0.1, 0.15) is 25.0 Å². The molecule has 0 aliphatic heterocycles. The fraction of sp³-hybridized carbons (Fsp3) is 0.367. The summed E-state index contributed by atoms with van der Waals surface area (Å²) in [6, 6.07) is 17.4. The molecule has 9 heteroatoms. The molecular formula is C30H37FN4O4. The Morgan fingerprint density at radius 2 is 1.46 bits per heavy atom. The number of primary amides is 1. The van der Waals surface area contributed by atoms with Gasteiger partial charge < -0.3 is 26.0 Å². The van der Waals surface area contributed by atoms with Crippen LogP contribution in [-0.2, 0) is 32.0 Å². The molecule has 0 radical (unpaired) electrons. The zero-order valence-corrected chi connectivity index (χ0v) is 22.9. The van der Waals surface area contributed by atoms with Crippen molar-refractivity contribution in [1.82, 2.24) is 9.80 Å². The van der Waals surface area contributed by atoms with E-state index in [2.05, 4.69) is 0 Å². The standard InChI is InChI=1S/C30H37FN4O4/c1-30(2,33)19-39-18-27(36)34(3)26(17-21-9-12-22-7-5-6-8-23(22)15-21)29(38)35(4)25(28(32)37)16-20-10-13-24(31)14-11-20/h5-15,25-26H,16-19,33H2,1-4H3,(H2,32,37)/t25-,26-/m1/s1. The number of nitrogens with two attached hydrogens (primary N) is 2. The number of benzene rings is 3. The van der Waals surface area contributed by atoms with Gasteiger partial charge in [-0.25, -0.2) is 4.39 Å². The molecule has 0 fully saturated rings. The van der Waals surface area contributed by atoms with E-state index < -0.39 is 41.2 Å². The smallest absolute Gasteiger partial charge is 0.249 e. The predicted octanol–water partition coefficient (Wildman–Crippen LogP) is 2.66. The number of carbonyl (C=O) groups excluding carboxylic acids is 3. The van der Waals surface area contributed by atoms with Gasteiger partial charge in [-0.2, -0.15) is 0 Å². The Morgan fingerprint density at radius 3 is 2.08 bits per heavy atom. The molecule has 39 heavy (non-hydrogen) atoms. The molecule has 3 aromatic rings. The molecule has 0 spiro atoms. The molecule has 3 rings (SSSR count). The van der Waals surface area contributed by atoms with Crippen molar-refractivity contribution in [2.45, 2.75) is 44.3 Å². The van der Waals surface area contributed by atoms with Crippen molar-refractivity contribution in [1.29, 1.82) is 0 Å². The first-order valence-electron chi connectivity index (χ1n) is 12.8. The quantitative estimate of drug-likeness (QED) is 0.369. The van der Waals surface area contributed by atoms with Gasteiger partial charge in [0.2, 0.25) is 17.7 Å². The molecule has 0 aromatic heterocycles. The fourth-order valence-electron chi connectivity index (χ4n) is 4.32. The molecule has 4 N–H and O–H groups in total.